The third-order valence-corrected chi connectivity index (χ3v) is 2.29. The molecule has 66 valence electrons. The minimum Gasteiger partial charge on any atom is -0.326 e. The van der Waals surface area contributed by atoms with Crippen LogP contribution in [0.15, 0.2) is 30.5 Å². The van der Waals surface area contributed by atoms with Crippen LogP contribution in [-0.4, -0.2) is 4.98 Å². The van der Waals surface area contributed by atoms with Gasteiger partial charge in [-0.3, -0.25) is 4.98 Å². The van der Waals surface area contributed by atoms with Crippen molar-refractivity contribution in [1.82, 2.24) is 4.98 Å². The van der Waals surface area contributed by atoms with Gasteiger partial charge in [-0.25, -0.2) is 0 Å². The molecule has 0 unspecified atom stereocenters. The zero-order valence-corrected chi connectivity index (χ0v) is 7.62. The Kier molecular flexibility index (Phi) is 1.99. The second-order valence-electron chi connectivity index (χ2n) is 3.15. The lowest BCUT2D eigenvalue weighted by Gasteiger charge is -2.04. The van der Waals surface area contributed by atoms with Gasteiger partial charge in [-0.05, 0) is 24.1 Å². The van der Waals surface area contributed by atoms with Crippen molar-refractivity contribution in [1.29, 1.82) is 0 Å². The van der Waals surface area contributed by atoms with E-state index in [9.17, 15) is 0 Å². The largest absolute Gasteiger partial charge is 0.326 e. The van der Waals surface area contributed by atoms with Crippen LogP contribution in [0.1, 0.15) is 11.1 Å². The number of para-hydroxylation sites is 1. The highest BCUT2D eigenvalue weighted by molar-refractivity contribution is 5.84. The molecule has 0 atom stereocenters. The average molecular weight is 172 g/mol. The molecule has 0 saturated carbocycles. The van der Waals surface area contributed by atoms with Gasteiger partial charge >= 0.3 is 0 Å². The monoisotopic (exact) mass is 172 g/mol. The van der Waals surface area contributed by atoms with Crippen molar-refractivity contribution in [2.45, 2.75) is 13.5 Å². The summed E-state index contributed by atoms with van der Waals surface area (Å²) in [6.45, 7) is 2.64. The third kappa shape index (κ3) is 1.29. The molecule has 0 spiro atoms. The highest BCUT2D eigenvalue weighted by atomic mass is 14.7. The molecule has 0 fully saturated rings. The highest BCUT2D eigenvalue weighted by Gasteiger charge is 2.01. The minimum absolute atomic E-state index is 0.549. The van der Waals surface area contributed by atoms with Gasteiger partial charge in [-0.2, -0.15) is 0 Å². The number of aromatic nitrogens is 1. The van der Waals surface area contributed by atoms with Crippen LogP contribution < -0.4 is 5.73 Å². The summed E-state index contributed by atoms with van der Waals surface area (Å²) in [5.41, 5.74) is 9.02. The second kappa shape index (κ2) is 3.15. The fourth-order valence-electron chi connectivity index (χ4n) is 1.54. The Bertz CT molecular complexity index is 435. The first-order valence-electron chi connectivity index (χ1n) is 4.36. The number of pyridine rings is 1. The van der Waals surface area contributed by atoms with Gasteiger partial charge in [0.05, 0.1) is 5.52 Å². The predicted molar refractivity (Wildman–Crippen MR) is 54.4 cm³/mol. The van der Waals surface area contributed by atoms with E-state index in [1.54, 1.807) is 0 Å². The van der Waals surface area contributed by atoms with E-state index >= 15 is 0 Å². The van der Waals surface area contributed by atoms with E-state index in [1.165, 1.54) is 10.9 Å². The molecule has 0 bridgehead atoms. The number of hydrogen-bond acceptors (Lipinski definition) is 2. The second-order valence-corrected chi connectivity index (χ2v) is 3.15. The van der Waals surface area contributed by atoms with Crippen LogP contribution in [0.5, 0.6) is 0 Å². The number of nitrogens with zero attached hydrogens (tertiary/aromatic N) is 1. The lowest BCUT2D eigenvalue weighted by Crippen LogP contribution is -1.98. The molecule has 0 amide bonds. The normalized spacial score (nSPS) is 10.6. The SMILES string of the molecule is Cc1ccnc2c(CN)cccc12. The van der Waals surface area contributed by atoms with E-state index in [0.717, 1.165) is 11.1 Å². The van der Waals surface area contributed by atoms with Gasteiger partial charge in [0.2, 0.25) is 0 Å². The number of fused-ring (bicyclic) bond motifs is 1. The van der Waals surface area contributed by atoms with Gasteiger partial charge in [-0.15, -0.1) is 0 Å². The van der Waals surface area contributed by atoms with E-state index < -0.39 is 0 Å². The van der Waals surface area contributed by atoms with Crippen molar-refractivity contribution in [2.24, 2.45) is 5.73 Å². The van der Waals surface area contributed by atoms with E-state index in [2.05, 4.69) is 18.0 Å². The van der Waals surface area contributed by atoms with Crippen molar-refractivity contribution >= 4 is 10.9 Å². The van der Waals surface area contributed by atoms with Crippen LogP contribution in [-0.2, 0) is 6.54 Å². The van der Waals surface area contributed by atoms with Crippen molar-refractivity contribution < 1.29 is 0 Å². The fourth-order valence-corrected chi connectivity index (χ4v) is 1.54. The molecule has 2 heteroatoms. The minimum atomic E-state index is 0.549. The van der Waals surface area contributed by atoms with E-state index in [4.69, 9.17) is 5.73 Å². The van der Waals surface area contributed by atoms with Crippen LogP contribution >= 0.6 is 0 Å². The van der Waals surface area contributed by atoms with Gasteiger partial charge in [0, 0.05) is 18.1 Å². The fraction of sp³-hybridized carbons (Fsp3) is 0.182. The Balaban J connectivity index is 2.84. The maximum Gasteiger partial charge on any atom is 0.0749 e. The Morgan fingerprint density at radius 2 is 2.15 bits per heavy atom. The molecule has 0 aliphatic rings. The van der Waals surface area contributed by atoms with Crippen molar-refractivity contribution in [3.63, 3.8) is 0 Å². The summed E-state index contributed by atoms with van der Waals surface area (Å²) in [5, 5.41) is 1.20. The maximum atomic E-state index is 5.63. The predicted octanol–water partition coefficient (Wildman–Crippen LogP) is 2.00. The summed E-state index contributed by atoms with van der Waals surface area (Å²) >= 11 is 0. The number of benzene rings is 1. The zero-order valence-electron chi connectivity index (χ0n) is 7.62. The van der Waals surface area contributed by atoms with Gasteiger partial charge in [0.15, 0.2) is 0 Å². The molecule has 0 aliphatic heterocycles. The standard InChI is InChI=1S/C11H12N2/c1-8-5-6-13-11-9(7-12)3-2-4-10(8)11/h2-6H,7,12H2,1H3. The molecule has 13 heavy (non-hydrogen) atoms. The van der Waals surface area contributed by atoms with Gasteiger partial charge < -0.3 is 5.73 Å². The average Bonchev–Trinajstić information content (AvgIpc) is 2.18. The first kappa shape index (κ1) is 8.20. The summed E-state index contributed by atoms with van der Waals surface area (Å²) < 4.78 is 0. The molecule has 1 heterocycles. The smallest absolute Gasteiger partial charge is 0.0749 e. The molecule has 2 aromatic rings. The molecule has 2 nitrogen and oxygen atoms in total. The quantitative estimate of drug-likeness (QED) is 0.714. The van der Waals surface area contributed by atoms with Crippen LogP contribution in [0.4, 0.5) is 0 Å². The van der Waals surface area contributed by atoms with Gasteiger partial charge in [-0.1, -0.05) is 18.2 Å². The first-order valence-corrected chi connectivity index (χ1v) is 4.36. The Morgan fingerprint density at radius 3 is 2.92 bits per heavy atom. The zero-order chi connectivity index (χ0) is 9.26. The topological polar surface area (TPSA) is 38.9 Å². The lowest BCUT2D eigenvalue weighted by atomic mass is 10.1. The summed E-state index contributed by atoms with van der Waals surface area (Å²) in [4.78, 5) is 4.33. The summed E-state index contributed by atoms with van der Waals surface area (Å²) in [7, 11) is 0. The summed E-state index contributed by atoms with van der Waals surface area (Å²) in [6, 6.07) is 8.15. The Hall–Kier alpha value is -1.41. The molecule has 2 rings (SSSR count). The molecular formula is C11H12N2. The maximum absolute atomic E-state index is 5.63. The third-order valence-electron chi connectivity index (χ3n) is 2.29. The number of aryl methyl sites for hydroxylation is 1. The van der Waals surface area contributed by atoms with E-state index in [1.807, 2.05) is 24.4 Å². The van der Waals surface area contributed by atoms with E-state index in [-0.39, 0.29) is 0 Å². The van der Waals surface area contributed by atoms with Crippen LogP contribution in [0.3, 0.4) is 0 Å². The first-order chi connectivity index (χ1) is 6.33. The summed E-state index contributed by atoms with van der Waals surface area (Å²) in [5.74, 6) is 0. The lowest BCUT2D eigenvalue weighted by molar-refractivity contribution is 1.08. The Morgan fingerprint density at radius 1 is 1.31 bits per heavy atom. The van der Waals surface area contributed by atoms with Gasteiger partial charge in [0.25, 0.3) is 0 Å². The van der Waals surface area contributed by atoms with Crippen molar-refractivity contribution in [2.75, 3.05) is 0 Å². The highest BCUT2D eigenvalue weighted by Crippen LogP contribution is 2.18. The van der Waals surface area contributed by atoms with E-state index in [0.29, 0.717) is 6.54 Å². The summed E-state index contributed by atoms with van der Waals surface area (Å²) in [6.07, 6.45) is 1.83. The molecule has 2 N–H and O–H groups in total. The molecule has 1 aromatic carbocycles. The molecular weight excluding hydrogens is 160 g/mol. The van der Waals surface area contributed by atoms with Crippen LogP contribution in [0.25, 0.3) is 10.9 Å². The Labute approximate surface area is 77.4 Å². The van der Waals surface area contributed by atoms with Crippen LogP contribution in [0.2, 0.25) is 0 Å². The number of hydrogen-bond donors (Lipinski definition) is 1. The van der Waals surface area contributed by atoms with Crippen LogP contribution in [0, 0.1) is 6.92 Å². The van der Waals surface area contributed by atoms with Gasteiger partial charge in [0.1, 0.15) is 0 Å². The van der Waals surface area contributed by atoms with Crippen molar-refractivity contribution in [3.8, 4) is 0 Å². The molecule has 0 radical (unpaired) electrons. The number of rotatable bonds is 1. The molecule has 1 aromatic heterocycles. The number of nitrogens with two attached hydrogens (primary N) is 1. The molecule has 0 aliphatic carbocycles. The molecule has 0 saturated heterocycles. The van der Waals surface area contributed by atoms with Crippen molar-refractivity contribution in [3.05, 3.63) is 41.6 Å².